The Kier molecular flexibility index (Phi) is 5.52. The van der Waals surface area contributed by atoms with Crippen LogP contribution in [0.1, 0.15) is 50.2 Å². The molecule has 2 aromatic carbocycles. The Labute approximate surface area is 184 Å². The molecule has 9 heteroatoms. The van der Waals surface area contributed by atoms with Gasteiger partial charge >= 0.3 is 6.18 Å². The number of ether oxygens (including phenoxy) is 2. The fourth-order valence-corrected chi connectivity index (χ4v) is 3.92. The van der Waals surface area contributed by atoms with Gasteiger partial charge in [0.15, 0.2) is 11.5 Å². The van der Waals surface area contributed by atoms with Crippen LogP contribution in [-0.4, -0.2) is 22.2 Å². The van der Waals surface area contributed by atoms with Gasteiger partial charge < -0.3 is 20.5 Å². The maximum Gasteiger partial charge on any atom is 0.416 e. The van der Waals surface area contributed by atoms with Crippen LogP contribution < -0.4 is 20.5 Å². The first kappa shape index (κ1) is 22.0. The number of hydrogen-bond acceptors (Lipinski definition) is 6. The van der Waals surface area contributed by atoms with Crippen molar-refractivity contribution in [3.05, 3.63) is 47.3 Å². The Hall–Kier alpha value is -3.23. The van der Waals surface area contributed by atoms with Crippen molar-refractivity contribution >= 4 is 22.4 Å². The molecule has 3 atom stereocenters. The van der Waals surface area contributed by atoms with Crippen LogP contribution in [0.3, 0.4) is 0 Å². The van der Waals surface area contributed by atoms with Gasteiger partial charge in [-0.05, 0) is 57.5 Å². The second kappa shape index (κ2) is 8.03. The van der Waals surface area contributed by atoms with Gasteiger partial charge in [-0.2, -0.15) is 13.2 Å². The molecule has 0 bridgehead atoms. The number of fused-ring (bicyclic) bond motifs is 2. The van der Waals surface area contributed by atoms with Crippen molar-refractivity contribution in [1.29, 1.82) is 0 Å². The van der Waals surface area contributed by atoms with Crippen molar-refractivity contribution in [2.45, 2.75) is 58.5 Å². The van der Waals surface area contributed by atoms with E-state index in [0.717, 1.165) is 18.6 Å². The van der Waals surface area contributed by atoms with Crippen LogP contribution in [0.25, 0.3) is 10.9 Å². The summed E-state index contributed by atoms with van der Waals surface area (Å²) in [4.78, 5) is 9.00. The fourth-order valence-electron chi connectivity index (χ4n) is 3.92. The van der Waals surface area contributed by atoms with Gasteiger partial charge in [0.1, 0.15) is 11.6 Å². The Balaban J connectivity index is 1.74. The highest BCUT2D eigenvalue weighted by atomic mass is 19.4. The molecule has 0 saturated carbocycles. The van der Waals surface area contributed by atoms with Gasteiger partial charge in [0.25, 0.3) is 0 Å². The van der Waals surface area contributed by atoms with E-state index < -0.39 is 17.8 Å². The highest BCUT2D eigenvalue weighted by molar-refractivity contribution is 5.92. The van der Waals surface area contributed by atoms with Gasteiger partial charge in [-0.15, -0.1) is 0 Å². The van der Waals surface area contributed by atoms with Crippen LogP contribution in [0, 0.1) is 6.92 Å². The van der Waals surface area contributed by atoms with E-state index >= 15 is 0 Å². The SMILES string of the molecule is Cc1nc(NC(C)c2cc(N)cc(C(F)(F)F)c2)c2cc3c(cc2n1)OC(C)CC(C)O3. The molecule has 0 amide bonds. The normalized spacial score (nSPS) is 19.5. The lowest BCUT2D eigenvalue weighted by Gasteiger charge is -2.20. The first-order chi connectivity index (χ1) is 15.0. The van der Waals surface area contributed by atoms with E-state index in [1.807, 2.05) is 26.0 Å². The summed E-state index contributed by atoms with van der Waals surface area (Å²) >= 11 is 0. The summed E-state index contributed by atoms with van der Waals surface area (Å²) in [5.74, 6) is 2.21. The highest BCUT2D eigenvalue weighted by Gasteiger charge is 2.31. The smallest absolute Gasteiger partial charge is 0.416 e. The van der Waals surface area contributed by atoms with Crippen LogP contribution >= 0.6 is 0 Å². The fraction of sp³-hybridized carbons (Fsp3) is 0.391. The minimum Gasteiger partial charge on any atom is -0.487 e. The molecule has 4 rings (SSSR count). The zero-order valence-corrected chi connectivity index (χ0v) is 18.2. The van der Waals surface area contributed by atoms with Crippen molar-refractivity contribution < 1.29 is 22.6 Å². The summed E-state index contributed by atoms with van der Waals surface area (Å²) in [6, 6.07) is 6.67. The Morgan fingerprint density at radius 2 is 1.69 bits per heavy atom. The van der Waals surface area contributed by atoms with E-state index in [1.165, 1.54) is 6.07 Å². The Morgan fingerprint density at radius 1 is 1.03 bits per heavy atom. The monoisotopic (exact) mass is 446 g/mol. The van der Waals surface area contributed by atoms with Crippen LogP contribution in [-0.2, 0) is 6.18 Å². The lowest BCUT2D eigenvalue weighted by atomic mass is 10.0. The molecule has 3 aromatic rings. The first-order valence-electron chi connectivity index (χ1n) is 10.4. The van der Waals surface area contributed by atoms with Crippen molar-refractivity contribution in [3.8, 4) is 11.5 Å². The van der Waals surface area contributed by atoms with Gasteiger partial charge in [0, 0.05) is 23.6 Å². The van der Waals surface area contributed by atoms with Gasteiger partial charge in [0.05, 0.1) is 29.3 Å². The number of nitrogens with two attached hydrogens (primary N) is 1. The van der Waals surface area contributed by atoms with E-state index in [1.54, 1.807) is 13.8 Å². The topological polar surface area (TPSA) is 82.3 Å². The van der Waals surface area contributed by atoms with Gasteiger partial charge in [-0.25, -0.2) is 9.97 Å². The molecule has 32 heavy (non-hydrogen) atoms. The second-order valence-electron chi connectivity index (χ2n) is 8.28. The zero-order chi connectivity index (χ0) is 23.2. The van der Waals surface area contributed by atoms with Crippen LogP contribution in [0.4, 0.5) is 24.7 Å². The number of nitrogen functional groups attached to an aromatic ring is 1. The minimum absolute atomic E-state index is 0.00406. The molecule has 0 radical (unpaired) electrons. The largest absolute Gasteiger partial charge is 0.487 e. The van der Waals surface area contributed by atoms with E-state index in [4.69, 9.17) is 15.2 Å². The summed E-state index contributed by atoms with van der Waals surface area (Å²) < 4.78 is 51.7. The predicted molar refractivity (Wildman–Crippen MR) is 117 cm³/mol. The Bertz CT molecular complexity index is 1170. The van der Waals surface area contributed by atoms with Crippen molar-refractivity contribution in [3.63, 3.8) is 0 Å². The average Bonchev–Trinajstić information content (AvgIpc) is 2.81. The number of hydrogen-bond donors (Lipinski definition) is 2. The molecule has 0 saturated heterocycles. The number of aryl methyl sites for hydroxylation is 1. The lowest BCUT2D eigenvalue weighted by Crippen LogP contribution is -2.18. The lowest BCUT2D eigenvalue weighted by molar-refractivity contribution is -0.137. The number of rotatable bonds is 3. The standard InChI is InChI=1S/C23H25F3N4O2/c1-11-5-12(2)32-21-10-19-18(9-20(21)31-11)22(30-14(4)29-19)28-13(3)15-6-16(23(24,25)26)8-17(27)7-15/h6-13H,5,27H2,1-4H3,(H,28,29,30). The van der Waals surface area contributed by atoms with E-state index in [-0.39, 0.29) is 17.9 Å². The van der Waals surface area contributed by atoms with Gasteiger partial charge in [0.2, 0.25) is 0 Å². The number of benzene rings is 2. The highest BCUT2D eigenvalue weighted by Crippen LogP contribution is 2.39. The third-order valence-corrected chi connectivity index (χ3v) is 5.35. The molecule has 6 nitrogen and oxygen atoms in total. The van der Waals surface area contributed by atoms with E-state index in [0.29, 0.717) is 39.6 Å². The molecule has 2 heterocycles. The summed E-state index contributed by atoms with van der Waals surface area (Å²) in [6.07, 6.45) is -3.77. The van der Waals surface area contributed by atoms with Crippen molar-refractivity contribution in [2.24, 2.45) is 0 Å². The molecule has 0 spiro atoms. The summed E-state index contributed by atoms with van der Waals surface area (Å²) in [6.45, 7) is 7.47. The third-order valence-electron chi connectivity index (χ3n) is 5.35. The molecule has 1 aliphatic heterocycles. The molecule has 1 aromatic heterocycles. The molecule has 3 N–H and O–H groups in total. The number of anilines is 2. The maximum absolute atomic E-state index is 13.2. The number of nitrogens with one attached hydrogen (secondary N) is 1. The third kappa shape index (κ3) is 4.51. The maximum atomic E-state index is 13.2. The summed E-state index contributed by atoms with van der Waals surface area (Å²) in [5.41, 5.74) is 6.05. The predicted octanol–water partition coefficient (Wildman–Crippen LogP) is 5.65. The first-order valence-corrected chi connectivity index (χ1v) is 10.4. The van der Waals surface area contributed by atoms with Crippen LogP contribution in [0.5, 0.6) is 11.5 Å². The van der Waals surface area contributed by atoms with Gasteiger partial charge in [-0.3, -0.25) is 0 Å². The molecule has 0 fully saturated rings. The molecular weight excluding hydrogens is 421 g/mol. The number of nitrogens with zero attached hydrogens (tertiary/aromatic N) is 2. The Morgan fingerprint density at radius 3 is 2.34 bits per heavy atom. The molecule has 0 aliphatic carbocycles. The van der Waals surface area contributed by atoms with Crippen LogP contribution in [0.15, 0.2) is 30.3 Å². The van der Waals surface area contributed by atoms with Crippen molar-refractivity contribution in [2.75, 3.05) is 11.1 Å². The minimum atomic E-state index is -4.48. The molecule has 3 unspecified atom stereocenters. The summed E-state index contributed by atoms with van der Waals surface area (Å²) in [5, 5.41) is 3.91. The number of halogens is 3. The zero-order valence-electron chi connectivity index (χ0n) is 18.2. The molecule has 170 valence electrons. The van der Waals surface area contributed by atoms with E-state index in [9.17, 15) is 13.2 Å². The molecule has 1 aliphatic rings. The van der Waals surface area contributed by atoms with Gasteiger partial charge in [-0.1, -0.05) is 0 Å². The van der Waals surface area contributed by atoms with Crippen molar-refractivity contribution in [1.82, 2.24) is 9.97 Å². The van der Waals surface area contributed by atoms with E-state index in [2.05, 4.69) is 15.3 Å². The average molecular weight is 446 g/mol. The molecular formula is C23H25F3N4O2. The quantitative estimate of drug-likeness (QED) is 0.506. The van der Waals surface area contributed by atoms with Crippen LogP contribution in [0.2, 0.25) is 0 Å². The summed E-state index contributed by atoms with van der Waals surface area (Å²) in [7, 11) is 0. The number of aromatic nitrogens is 2. The number of alkyl halides is 3. The second-order valence-corrected chi connectivity index (χ2v) is 8.28.